The molecule has 0 aliphatic carbocycles. The summed E-state index contributed by atoms with van der Waals surface area (Å²) in [5, 5.41) is 21.2. The molecule has 0 bridgehead atoms. The maximum Gasteiger partial charge on any atom is 0.0856 e. The van der Waals surface area contributed by atoms with Crippen LogP contribution in [-0.4, -0.2) is 38.8 Å². The van der Waals surface area contributed by atoms with Gasteiger partial charge in [-0.15, -0.1) is 5.10 Å². The van der Waals surface area contributed by atoms with Gasteiger partial charge in [0.15, 0.2) is 0 Å². The van der Waals surface area contributed by atoms with Crippen LogP contribution in [0.1, 0.15) is 18.5 Å². The fraction of sp³-hybridized carbons (Fsp3) is 0.778. The quantitative estimate of drug-likeness (QED) is 0.667. The van der Waals surface area contributed by atoms with Crippen molar-refractivity contribution in [2.24, 2.45) is 7.05 Å². The third kappa shape index (κ3) is 2.10. The molecule has 5 nitrogen and oxygen atoms in total. The minimum absolute atomic E-state index is 0.591. The third-order valence-corrected chi connectivity index (χ3v) is 2.61. The Balaban J connectivity index is 2.01. The lowest BCUT2D eigenvalue weighted by Gasteiger charge is -2.31. The fourth-order valence-corrected chi connectivity index (χ4v) is 1.92. The second-order valence-electron chi connectivity index (χ2n) is 4.06. The lowest BCUT2D eigenvalue weighted by Crippen LogP contribution is -2.47. The zero-order chi connectivity index (χ0) is 10.0. The van der Waals surface area contributed by atoms with Gasteiger partial charge in [-0.1, -0.05) is 5.21 Å². The monoisotopic (exact) mass is 196 g/mol. The smallest absolute Gasteiger partial charge is 0.0856 e. The minimum Gasteiger partial charge on any atom is -0.388 e. The second-order valence-corrected chi connectivity index (χ2v) is 4.06. The molecule has 1 aromatic rings. The fourth-order valence-electron chi connectivity index (χ4n) is 1.92. The molecule has 78 valence electrons. The summed E-state index contributed by atoms with van der Waals surface area (Å²) in [6.45, 7) is 1.66. The molecule has 0 spiro atoms. The first-order chi connectivity index (χ1) is 6.68. The Morgan fingerprint density at radius 1 is 1.71 bits per heavy atom. The summed E-state index contributed by atoms with van der Waals surface area (Å²) in [6.07, 6.45) is 4.31. The summed E-state index contributed by atoms with van der Waals surface area (Å²) in [7, 11) is 1.83. The number of β-amino-alcohol motifs (C(OH)–C–C–N with tert-alkyl or cyclic N) is 1. The molecule has 1 fully saturated rings. The van der Waals surface area contributed by atoms with Crippen LogP contribution < -0.4 is 5.32 Å². The number of rotatable bonds is 2. The van der Waals surface area contributed by atoms with Crippen molar-refractivity contribution in [3.05, 3.63) is 11.9 Å². The summed E-state index contributed by atoms with van der Waals surface area (Å²) >= 11 is 0. The van der Waals surface area contributed by atoms with Gasteiger partial charge in [0.05, 0.1) is 11.3 Å². The number of hydrogen-bond acceptors (Lipinski definition) is 4. The van der Waals surface area contributed by atoms with Crippen LogP contribution in [0.15, 0.2) is 6.20 Å². The largest absolute Gasteiger partial charge is 0.388 e. The van der Waals surface area contributed by atoms with Crippen LogP contribution in [0.2, 0.25) is 0 Å². The molecular formula is C9H16N4O. The minimum atomic E-state index is -0.631. The molecule has 5 heteroatoms. The second kappa shape index (κ2) is 3.67. The maximum absolute atomic E-state index is 10.2. The Labute approximate surface area is 83.1 Å². The van der Waals surface area contributed by atoms with Crippen LogP contribution in [0.3, 0.4) is 0 Å². The van der Waals surface area contributed by atoms with E-state index in [2.05, 4.69) is 15.6 Å². The lowest BCUT2D eigenvalue weighted by atomic mass is 9.90. The standard InChI is InChI=1S/C9H16N4O/c1-13-6-8(11-12-13)5-9(14)3-2-4-10-7-9/h6,10,14H,2-5,7H2,1H3. The summed E-state index contributed by atoms with van der Waals surface area (Å²) in [5.41, 5.74) is 0.229. The Bertz CT molecular complexity index is 304. The van der Waals surface area contributed by atoms with Gasteiger partial charge in [0, 0.05) is 26.2 Å². The van der Waals surface area contributed by atoms with E-state index < -0.39 is 5.60 Å². The van der Waals surface area contributed by atoms with E-state index in [4.69, 9.17) is 0 Å². The Hall–Kier alpha value is -0.940. The third-order valence-electron chi connectivity index (χ3n) is 2.61. The Kier molecular flexibility index (Phi) is 2.52. The van der Waals surface area contributed by atoms with Crippen molar-refractivity contribution >= 4 is 0 Å². The summed E-state index contributed by atoms with van der Waals surface area (Å²) in [5.74, 6) is 0. The highest BCUT2D eigenvalue weighted by molar-refractivity contribution is 5.01. The number of aliphatic hydroxyl groups is 1. The molecule has 0 aromatic carbocycles. The lowest BCUT2D eigenvalue weighted by molar-refractivity contribution is 0.0161. The van der Waals surface area contributed by atoms with E-state index in [1.54, 1.807) is 4.68 Å². The number of nitrogens with zero attached hydrogens (tertiary/aromatic N) is 3. The van der Waals surface area contributed by atoms with E-state index in [9.17, 15) is 5.11 Å². The average molecular weight is 196 g/mol. The molecule has 2 rings (SSSR count). The van der Waals surface area contributed by atoms with Crippen molar-refractivity contribution in [1.82, 2.24) is 20.3 Å². The molecule has 1 atom stereocenters. The van der Waals surface area contributed by atoms with Gasteiger partial charge >= 0.3 is 0 Å². The first-order valence-electron chi connectivity index (χ1n) is 4.96. The molecule has 14 heavy (non-hydrogen) atoms. The van der Waals surface area contributed by atoms with Crippen molar-refractivity contribution in [2.45, 2.75) is 24.9 Å². The van der Waals surface area contributed by atoms with E-state index in [0.29, 0.717) is 13.0 Å². The van der Waals surface area contributed by atoms with Gasteiger partial charge in [-0.2, -0.15) is 0 Å². The van der Waals surface area contributed by atoms with Gasteiger partial charge in [-0.3, -0.25) is 4.68 Å². The predicted molar refractivity (Wildman–Crippen MR) is 51.8 cm³/mol. The molecule has 1 aliphatic rings. The molecular weight excluding hydrogens is 180 g/mol. The molecule has 0 radical (unpaired) electrons. The molecule has 1 unspecified atom stereocenters. The van der Waals surface area contributed by atoms with Crippen LogP contribution in [0, 0.1) is 0 Å². The molecule has 2 N–H and O–H groups in total. The van der Waals surface area contributed by atoms with Crippen LogP contribution in [-0.2, 0) is 13.5 Å². The Morgan fingerprint density at radius 3 is 3.14 bits per heavy atom. The van der Waals surface area contributed by atoms with Crippen molar-refractivity contribution in [3.63, 3.8) is 0 Å². The topological polar surface area (TPSA) is 63.0 Å². The van der Waals surface area contributed by atoms with E-state index in [-0.39, 0.29) is 0 Å². The highest BCUT2D eigenvalue weighted by Gasteiger charge is 2.30. The van der Waals surface area contributed by atoms with E-state index >= 15 is 0 Å². The van der Waals surface area contributed by atoms with Gasteiger partial charge in [0.25, 0.3) is 0 Å². The van der Waals surface area contributed by atoms with Crippen LogP contribution in [0.4, 0.5) is 0 Å². The van der Waals surface area contributed by atoms with Gasteiger partial charge in [-0.25, -0.2) is 0 Å². The van der Waals surface area contributed by atoms with Crippen LogP contribution >= 0.6 is 0 Å². The van der Waals surface area contributed by atoms with Crippen molar-refractivity contribution < 1.29 is 5.11 Å². The van der Waals surface area contributed by atoms with Crippen molar-refractivity contribution in [2.75, 3.05) is 13.1 Å². The number of piperidine rings is 1. The van der Waals surface area contributed by atoms with E-state index in [0.717, 1.165) is 25.1 Å². The van der Waals surface area contributed by atoms with Gasteiger partial charge in [-0.05, 0) is 19.4 Å². The van der Waals surface area contributed by atoms with E-state index in [1.807, 2.05) is 13.2 Å². The van der Waals surface area contributed by atoms with Crippen molar-refractivity contribution in [3.8, 4) is 0 Å². The maximum atomic E-state index is 10.2. The first-order valence-corrected chi connectivity index (χ1v) is 4.96. The molecule has 0 saturated carbocycles. The zero-order valence-corrected chi connectivity index (χ0v) is 8.40. The molecule has 0 amide bonds. The summed E-state index contributed by atoms with van der Waals surface area (Å²) < 4.78 is 1.66. The van der Waals surface area contributed by atoms with Gasteiger partial charge < -0.3 is 10.4 Å². The number of aromatic nitrogens is 3. The highest BCUT2D eigenvalue weighted by atomic mass is 16.3. The summed E-state index contributed by atoms with van der Waals surface area (Å²) in [4.78, 5) is 0. The number of aryl methyl sites for hydroxylation is 1. The number of nitrogens with one attached hydrogen (secondary N) is 1. The zero-order valence-electron chi connectivity index (χ0n) is 8.40. The van der Waals surface area contributed by atoms with Crippen LogP contribution in [0.25, 0.3) is 0 Å². The SMILES string of the molecule is Cn1cc(CC2(O)CCCNC2)nn1. The molecule has 1 aliphatic heterocycles. The van der Waals surface area contributed by atoms with Crippen LogP contribution in [0.5, 0.6) is 0 Å². The molecule has 2 heterocycles. The Morgan fingerprint density at radius 2 is 2.57 bits per heavy atom. The molecule has 1 aromatic heterocycles. The normalized spacial score (nSPS) is 27.9. The first kappa shape index (κ1) is 9.61. The van der Waals surface area contributed by atoms with Crippen molar-refractivity contribution in [1.29, 1.82) is 0 Å². The molecule has 1 saturated heterocycles. The predicted octanol–water partition coefficient (Wildman–Crippen LogP) is -0.528. The summed E-state index contributed by atoms with van der Waals surface area (Å²) in [6, 6.07) is 0. The van der Waals surface area contributed by atoms with E-state index in [1.165, 1.54) is 0 Å². The average Bonchev–Trinajstić information content (AvgIpc) is 2.51. The highest BCUT2D eigenvalue weighted by Crippen LogP contribution is 2.19. The van der Waals surface area contributed by atoms with Gasteiger partial charge in [0.2, 0.25) is 0 Å². The number of hydrogen-bond donors (Lipinski definition) is 2. The van der Waals surface area contributed by atoms with Gasteiger partial charge in [0.1, 0.15) is 0 Å².